The van der Waals surface area contributed by atoms with Gasteiger partial charge in [0.15, 0.2) is 0 Å². The van der Waals surface area contributed by atoms with E-state index in [1.165, 1.54) is 0 Å². The number of nitrogens with zero attached hydrogens (tertiary/aromatic N) is 1. The highest BCUT2D eigenvalue weighted by Crippen LogP contribution is 2.38. The van der Waals surface area contributed by atoms with Crippen molar-refractivity contribution in [3.05, 3.63) is 0 Å². The van der Waals surface area contributed by atoms with Gasteiger partial charge < -0.3 is 15.0 Å². The first-order valence-electron chi connectivity index (χ1n) is 6.42. The molecule has 17 heavy (non-hydrogen) atoms. The summed E-state index contributed by atoms with van der Waals surface area (Å²) in [6, 6.07) is 0. The smallest absolute Gasteiger partial charge is 0.222 e. The lowest BCUT2D eigenvalue weighted by molar-refractivity contribution is -0.124. The Hall–Kier alpha value is -0.610. The van der Waals surface area contributed by atoms with Crippen LogP contribution in [0.2, 0.25) is 0 Å². The summed E-state index contributed by atoms with van der Waals surface area (Å²) in [5.41, 5.74) is 0.0292. The molecule has 1 saturated carbocycles. The third-order valence-electron chi connectivity index (χ3n) is 3.84. The Kier molecular flexibility index (Phi) is 4.95. The third kappa shape index (κ3) is 3.42. The molecule has 1 rings (SSSR count). The molecule has 1 amide bonds. The van der Waals surface area contributed by atoms with Crippen LogP contribution in [0, 0.1) is 5.92 Å². The highest BCUT2D eigenvalue weighted by atomic mass is 16.5. The average molecular weight is 242 g/mol. The van der Waals surface area contributed by atoms with E-state index in [1.54, 1.807) is 7.05 Å². The molecule has 4 nitrogen and oxygen atoms in total. The molecule has 0 bridgehead atoms. The molecule has 0 heterocycles. The van der Waals surface area contributed by atoms with Gasteiger partial charge in [0.2, 0.25) is 5.91 Å². The summed E-state index contributed by atoms with van der Waals surface area (Å²) in [5, 5.41) is 2.75. The molecule has 2 atom stereocenters. The Bertz CT molecular complexity index is 266. The Morgan fingerprint density at radius 1 is 1.53 bits per heavy atom. The molecule has 1 N–H and O–H groups in total. The van der Waals surface area contributed by atoms with E-state index in [0.717, 1.165) is 19.3 Å². The Balaban J connectivity index is 2.65. The van der Waals surface area contributed by atoms with Crippen LogP contribution in [-0.2, 0) is 9.53 Å². The first-order valence-corrected chi connectivity index (χ1v) is 6.42. The number of hydrogen-bond acceptors (Lipinski definition) is 3. The summed E-state index contributed by atoms with van der Waals surface area (Å²) < 4.78 is 5.78. The second-order valence-corrected chi connectivity index (χ2v) is 5.53. The topological polar surface area (TPSA) is 41.6 Å². The van der Waals surface area contributed by atoms with Crippen molar-refractivity contribution in [1.82, 2.24) is 10.2 Å². The van der Waals surface area contributed by atoms with Crippen LogP contribution < -0.4 is 5.32 Å². The fraction of sp³-hybridized carbons (Fsp3) is 0.923. The van der Waals surface area contributed by atoms with Gasteiger partial charge in [-0.05, 0) is 47.2 Å². The van der Waals surface area contributed by atoms with Crippen molar-refractivity contribution in [2.24, 2.45) is 5.92 Å². The van der Waals surface area contributed by atoms with Gasteiger partial charge in [-0.25, -0.2) is 0 Å². The summed E-state index contributed by atoms with van der Waals surface area (Å²) in [7, 11) is 5.87. The fourth-order valence-electron chi connectivity index (χ4n) is 2.52. The van der Waals surface area contributed by atoms with Crippen LogP contribution in [0.1, 0.15) is 33.1 Å². The highest BCUT2D eigenvalue weighted by Gasteiger charge is 2.43. The normalized spacial score (nSPS) is 29.0. The van der Waals surface area contributed by atoms with E-state index in [9.17, 15) is 4.79 Å². The molecule has 2 unspecified atom stereocenters. The van der Waals surface area contributed by atoms with E-state index in [1.807, 2.05) is 0 Å². The van der Waals surface area contributed by atoms with Gasteiger partial charge in [0.25, 0.3) is 0 Å². The van der Waals surface area contributed by atoms with E-state index >= 15 is 0 Å². The van der Waals surface area contributed by atoms with Crippen molar-refractivity contribution in [3.63, 3.8) is 0 Å². The van der Waals surface area contributed by atoms with Gasteiger partial charge in [-0.1, -0.05) is 0 Å². The van der Waals surface area contributed by atoms with Gasteiger partial charge in [-0.3, -0.25) is 4.79 Å². The lowest BCUT2D eigenvalue weighted by atomic mass is 9.95. The van der Waals surface area contributed by atoms with Crippen LogP contribution in [0.5, 0.6) is 0 Å². The standard InChI is InChI=1S/C13H26N2O2/c1-10(2)17-9-13(15(4)5)7-6-11(8-13)12(16)14-3/h10-11H,6-9H2,1-5H3,(H,14,16). The quantitative estimate of drug-likeness (QED) is 0.789. The summed E-state index contributed by atoms with van der Waals surface area (Å²) in [6.07, 6.45) is 3.13. The molecule has 0 aromatic heterocycles. The zero-order valence-electron chi connectivity index (χ0n) is 11.7. The maximum Gasteiger partial charge on any atom is 0.222 e. The van der Waals surface area contributed by atoms with Crippen LogP contribution in [0.15, 0.2) is 0 Å². The van der Waals surface area contributed by atoms with Gasteiger partial charge in [0, 0.05) is 18.5 Å². The summed E-state index contributed by atoms with van der Waals surface area (Å²) in [4.78, 5) is 13.9. The van der Waals surface area contributed by atoms with Gasteiger partial charge in [-0.2, -0.15) is 0 Å². The van der Waals surface area contributed by atoms with Crippen molar-refractivity contribution in [2.45, 2.75) is 44.8 Å². The van der Waals surface area contributed by atoms with Crippen molar-refractivity contribution in [3.8, 4) is 0 Å². The number of rotatable bonds is 5. The van der Waals surface area contributed by atoms with Gasteiger partial charge in [-0.15, -0.1) is 0 Å². The van der Waals surface area contributed by atoms with Crippen LogP contribution >= 0.6 is 0 Å². The molecule has 0 saturated heterocycles. The second kappa shape index (κ2) is 5.83. The number of carbonyl (C=O) groups excluding carboxylic acids is 1. The van der Waals surface area contributed by atoms with Crippen molar-refractivity contribution < 1.29 is 9.53 Å². The van der Waals surface area contributed by atoms with Crippen molar-refractivity contribution >= 4 is 5.91 Å². The van der Waals surface area contributed by atoms with E-state index in [2.05, 4.69) is 38.2 Å². The molecule has 0 aromatic carbocycles. The Labute approximate surface area is 105 Å². The van der Waals surface area contributed by atoms with Gasteiger partial charge >= 0.3 is 0 Å². The number of likely N-dealkylation sites (N-methyl/N-ethyl adjacent to an activating group) is 1. The first kappa shape index (κ1) is 14.5. The first-order chi connectivity index (χ1) is 7.91. The lowest BCUT2D eigenvalue weighted by Gasteiger charge is -2.37. The van der Waals surface area contributed by atoms with E-state index in [0.29, 0.717) is 6.61 Å². The molecule has 4 heteroatoms. The number of hydrogen-bond donors (Lipinski definition) is 1. The van der Waals surface area contributed by atoms with Crippen molar-refractivity contribution in [2.75, 3.05) is 27.7 Å². The molecule has 1 aliphatic carbocycles. The zero-order chi connectivity index (χ0) is 13.1. The molecule has 1 fully saturated rings. The van der Waals surface area contributed by atoms with Crippen LogP contribution in [0.4, 0.5) is 0 Å². The second-order valence-electron chi connectivity index (χ2n) is 5.53. The number of nitrogens with one attached hydrogen (secondary N) is 1. The number of ether oxygens (including phenoxy) is 1. The molecular formula is C13H26N2O2. The zero-order valence-corrected chi connectivity index (χ0v) is 11.7. The van der Waals surface area contributed by atoms with E-state index < -0.39 is 0 Å². The van der Waals surface area contributed by atoms with Gasteiger partial charge in [0.1, 0.15) is 0 Å². The monoisotopic (exact) mass is 242 g/mol. The SMILES string of the molecule is CNC(=O)C1CCC(COC(C)C)(N(C)C)C1. The fourth-order valence-corrected chi connectivity index (χ4v) is 2.52. The molecular weight excluding hydrogens is 216 g/mol. The molecule has 100 valence electrons. The maximum atomic E-state index is 11.7. The largest absolute Gasteiger partial charge is 0.377 e. The lowest BCUT2D eigenvalue weighted by Crippen LogP contribution is -2.47. The predicted octanol–water partition coefficient (Wildman–Crippen LogP) is 1.26. The summed E-state index contributed by atoms with van der Waals surface area (Å²) in [6.45, 7) is 4.81. The molecule has 1 aliphatic rings. The summed E-state index contributed by atoms with van der Waals surface area (Å²) >= 11 is 0. The Morgan fingerprint density at radius 2 is 2.18 bits per heavy atom. The number of carbonyl (C=O) groups is 1. The highest BCUT2D eigenvalue weighted by molar-refractivity contribution is 5.78. The minimum Gasteiger partial charge on any atom is -0.377 e. The van der Waals surface area contributed by atoms with E-state index in [-0.39, 0.29) is 23.5 Å². The minimum atomic E-state index is 0.0292. The Morgan fingerprint density at radius 3 is 2.65 bits per heavy atom. The van der Waals surface area contributed by atoms with Gasteiger partial charge in [0.05, 0.1) is 12.7 Å². The average Bonchev–Trinajstić information content (AvgIpc) is 2.71. The summed E-state index contributed by atoms with van der Waals surface area (Å²) in [5.74, 6) is 0.302. The molecule has 0 aliphatic heterocycles. The predicted molar refractivity (Wildman–Crippen MR) is 68.9 cm³/mol. The molecule has 0 spiro atoms. The van der Waals surface area contributed by atoms with Crippen LogP contribution in [0.3, 0.4) is 0 Å². The maximum absolute atomic E-state index is 11.7. The van der Waals surface area contributed by atoms with Crippen LogP contribution in [-0.4, -0.2) is 50.2 Å². The minimum absolute atomic E-state index is 0.0292. The molecule has 0 aromatic rings. The van der Waals surface area contributed by atoms with Crippen molar-refractivity contribution in [1.29, 1.82) is 0 Å². The number of amides is 1. The van der Waals surface area contributed by atoms with Crippen LogP contribution in [0.25, 0.3) is 0 Å². The molecule has 0 radical (unpaired) electrons. The van der Waals surface area contributed by atoms with E-state index in [4.69, 9.17) is 4.74 Å². The third-order valence-corrected chi connectivity index (χ3v) is 3.84.